The van der Waals surface area contributed by atoms with Crippen LogP contribution in [-0.2, 0) is 143 Å². The van der Waals surface area contributed by atoms with Crippen molar-refractivity contribution in [3.8, 4) is 0 Å². The fraction of sp³-hybridized carbons (Fsp3) is 0.754. The third-order valence-electron chi connectivity index (χ3n) is 5.21. The molecule has 0 atom stereocenters. The summed E-state index contributed by atoms with van der Waals surface area (Å²) in [5.41, 5.74) is 0. The van der Waals surface area contributed by atoms with Crippen LogP contribution in [0.4, 0.5) is 0 Å². The van der Waals surface area contributed by atoms with Crippen LogP contribution in [0.15, 0.2) is 0 Å². The van der Waals surface area contributed by atoms with Crippen molar-refractivity contribution >= 4 is 89.5 Å². The molecule has 0 radical (unpaired) electrons. The van der Waals surface area contributed by atoms with E-state index in [1.54, 1.807) is 104 Å². The second-order valence-corrected chi connectivity index (χ2v) is 13.9. The standard InChI is InChI=1S/15C4H8O2.CH4O/c15*1-3-6-4(2)5;1-2/h15*3H2,1-2H3;2H,1H3. The van der Waals surface area contributed by atoms with E-state index in [1.165, 1.54) is 104 Å². The number of carbonyl (C=O) groups is 15. The van der Waals surface area contributed by atoms with E-state index in [0.717, 1.165) is 7.11 Å². The fourth-order valence-electron chi connectivity index (χ4n) is 3.05. The molecule has 0 saturated carbocycles. The average Bonchev–Trinajstić information content (AvgIpc) is 3.39. The molecule has 0 aliphatic rings. The molecule has 0 saturated heterocycles. The van der Waals surface area contributed by atoms with Gasteiger partial charge in [0.2, 0.25) is 0 Å². The lowest BCUT2D eigenvalue weighted by molar-refractivity contribution is -0.141. The van der Waals surface area contributed by atoms with Crippen LogP contribution in [-0.4, -0.2) is 201 Å². The molecular formula is C61H124O31. The first-order valence-corrected chi connectivity index (χ1v) is 29.0. The van der Waals surface area contributed by atoms with Gasteiger partial charge >= 0.3 is 89.5 Å². The molecule has 0 spiro atoms. The minimum atomic E-state index is -0.211. The maximum absolute atomic E-state index is 9.82. The highest BCUT2D eigenvalue weighted by atomic mass is 16.6. The van der Waals surface area contributed by atoms with Gasteiger partial charge in [0.1, 0.15) is 0 Å². The molecule has 31 nitrogen and oxygen atoms in total. The van der Waals surface area contributed by atoms with E-state index in [1.807, 2.05) is 0 Å². The highest BCUT2D eigenvalue weighted by Crippen LogP contribution is 1.77. The van der Waals surface area contributed by atoms with Crippen LogP contribution < -0.4 is 0 Å². The Bertz CT molecular complexity index is 1210. The van der Waals surface area contributed by atoms with Gasteiger partial charge in [0.15, 0.2) is 0 Å². The molecule has 0 aliphatic carbocycles. The van der Waals surface area contributed by atoms with Crippen molar-refractivity contribution in [2.45, 2.75) is 208 Å². The summed E-state index contributed by atoms with van der Waals surface area (Å²) in [5.74, 6) is -3.16. The Kier molecular flexibility index (Phi) is 169. The Balaban J connectivity index is -0.0000000479. The lowest BCUT2D eigenvalue weighted by Crippen LogP contribution is -1.95. The molecule has 0 aromatic rings. The maximum Gasteiger partial charge on any atom is 0.302 e. The van der Waals surface area contributed by atoms with E-state index < -0.39 is 0 Å². The Morgan fingerprint density at radius 2 is 0.174 bits per heavy atom. The molecule has 0 aromatic carbocycles. The number of ether oxygens (including phenoxy) is 15. The Morgan fingerprint density at radius 1 is 0.141 bits per heavy atom. The second-order valence-electron chi connectivity index (χ2n) is 13.9. The zero-order valence-corrected chi connectivity index (χ0v) is 61.8. The number of rotatable bonds is 15. The number of carbonyl (C=O) groups excluding carboxylic acids is 15. The van der Waals surface area contributed by atoms with Gasteiger partial charge in [-0.3, -0.25) is 71.9 Å². The maximum atomic E-state index is 9.82. The minimum absolute atomic E-state index is 0.211. The summed E-state index contributed by atoms with van der Waals surface area (Å²) in [5, 5.41) is 7.00. The molecule has 31 heteroatoms. The van der Waals surface area contributed by atoms with Gasteiger partial charge in [0.25, 0.3) is 0 Å². The number of aliphatic hydroxyl groups is 1. The molecule has 0 bridgehead atoms. The first kappa shape index (κ1) is 125. The molecule has 0 fully saturated rings. The average molecular weight is 1350 g/mol. The minimum Gasteiger partial charge on any atom is -0.466 e. The Morgan fingerprint density at radius 3 is 0.174 bits per heavy atom. The van der Waals surface area contributed by atoms with Gasteiger partial charge < -0.3 is 76.2 Å². The zero-order chi connectivity index (χ0) is 76.9. The summed E-state index contributed by atoms with van der Waals surface area (Å²) in [6.45, 7) is 54.8. The molecule has 1 N–H and O–H groups in total. The topological polar surface area (TPSA) is 415 Å². The molecule has 92 heavy (non-hydrogen) atoms. The summed E-state index contributed by atoms with van der Waals surface area (Å²) in [7, 11) is 1.00. The highest BCUT2D eigenvalue weighted by Gasteiger charge is 1.89. The van der Waals surface area contributed by atoms with Crippen molar-refractivity contribution < 1.29 is 148 Å². The van der Waals surface area contributed by atoms with Crippen molar-refractivity contribution in [2.75, 3.05) is 106 Å². The number of aliphatic hydroxyl groups excluding tert-OH is 1. The molecular weight excluding hydrogens is 1230 g/mol. The Labute approximate surface area is 550 Å². The normalized spacial score (nSPS) is 7.57. The van der Waals surface area contributed by atoms with Crippen LogP contribution in [0.25, 0.3) is 0 Å². The summed E-state index contributed by atoms with van der Waals surface area (Å²) in [6, 6.07) is 0. The van der Waals surface area contributed by atoms with Crippen LogP contribution in [0.1, 0.15) is 208 Å². The van der Waals surface area contributed by atoms with Gasteiger partial charge in [0, 0.05) is 111 Å². The van der Waals surface area contributed by atoms with Crippen molar-refractivity contribution in [3.63, 3.8) is 0 Å². The monoisotopic (exact) mass is 1350 g/mol. The van der Waals surface area contributed by atoms with E-state index >= 15 is 0 Å². The third-order valence-corrected chi connectivity index (χ3v) is 5.21. The lowest BCUT2D eigenvalue weighted by atomic mass is 10.8. The molecule has 0 aromatic heterocycles. The van der Waals surface area contributed by atoms with Crippen molar-refractivity contribution in [1.29, 1.82) is 0 Å². The van der Waals surface area contributed by atoms with Crippen LogP contribution in [0.2, 0.25) is 0 Å². The second kappa shape index (κ2) is 124. The smallest absolute Gasteiger partial charge is 0.302 e. The SMILES string of the molecule is CCOC(C)=O.CCOC(C)=O.CCOC(C)=O.CCOC(C)=O.CCOC(C)=O.CCOC(C)=O.CCOC(C)=O.CCOC(C)=O.CCOC(C)=O.CCOC(C)=O.CCOC(C)=O.CCOC(C)=O.CCOC(C)=O.CCOC(C)=O.CCOC(C)=O.CO. The van der Waals surface area contributed by atoms with Gasteiger partial charge in [-0.15, -0.1) is 0 Å². The highest BCUT2D eigenvalue weighted by molar-refractivity contribution is 5.69. The van der Waals surface area contributed by atoms with E-state index in [0.29, 0.717) is 99.1 Å². The van der Waals surface area contributed by atoms with E-state index in [2.05, 4.69) is 71.1 Å². The number of hydrogen-bond acceptors (Lipinski definition) is 31. The predicted octanol–water partition coefficient (Wildman–Crippen LogP) is 8.15. The summed E-state index contributed by atoms with van der Waals surface area (Å²) >= 11 is 0. The first-order valence-electron chi connectivity index (χ1n) is 29.0. The fourth-order valence-corrected chi connectivity index (χ4v) is 3.05. The van der Waals surface area contributed by atoms with Crippen molar-refractivity contribution in [3.05, 3.63) is 0 Å². The zero-order valence-electron chi connectivity index (χ0n) is 61.8. The summed E-state index contributed by atoms with van der Waals surface area (Å²) in [4.78, 5) is 147. The third kappa shape index (κ3) is 393. The van der Waals surface area contributed by atoms with Gasteiger partial charge in [0.05, 0.1) is 99.1 Å². The molecule has 0 rings (SSSR count). The van der Waals surface area contributed by atoms with Crippen LogP contribution in [0, 0.1) is 0 Å². The van der Waals surface area contributed by atoms with E-state index in [9.17, 15) is 71.9 Å². The van der Waals surface area contributed by atoms with Gasteiger partial charge in [-0.2, -0.15) is 0 Å². The van der Waals surface area contributed by atoms with Crippen molar-refractivity contribution in [2.24, 2.45) is 0 Å². The Hall–Kier alpha value is -7.99. The van der Waals surface area contributed by atoms with Crippen LogP contribution in [0.3, 0.4) is 0 Å². The molecule has 0 amide bonds. The number of hydrogen-bond donors (Lipinski definition) is 1. The van der Waals surface area contributed by atoms with Gasteiger partial charge in [-0.25, -0.2) is 0 Å². The van der Waals surface area contributed by atoms with Crippen molar-refractivity contribution in [1.82, 2.24) is 0 Å². The molecule has 554 valence electrons. The molecule has 0 aliphatic heterocycles. The summed E-state index contributed by atoms with van der Waals surface area (Å²) in [6.07, 6.45) is 0. The van der Waals surface area contributed by atoms with Gasteiger partial charge in [-0.1, -0.05) is 0 Å². The van der Waals surface area contributed by atoms with Crippen LogP contribution >= 0.6 is 0 Å². The van der Waals surface area contributed by atoms with E-state index in [-0.39, 0.29) is 89.5 Å². The molecule has 0 unspecified atom stereocenters. The lowest BCUT2D eigenvalue weighted by Gasteiger charge is -1.89. The first-order chi connectivity index (χ1) is 42.6. The van der Waals surface area contributed by atoms with Crippen LogP contribution in [0.5, 0.6) is 0 Å². The quantitative estimate of drug-likeness (QED) is 0.119. The predicted molar refractivity (Wildman–Crippen MR) is 343 cm³/mol. The largest absolute Gasteiger partial charge is 0.466 e. The molecule has 0 heterocycles. The van der Waals surface area contributed by atoms with Gasteiger partial charge in [-0.05, 0) is 104 Å². The number of esters is 15. The van der Waals surface area contributed by atoms with E-state index in [4.69, 9.17) is 5.11 Å². The summed E-state index contributed by atoms with van der Waals surface area (Å²) < 4.78 is 66.0.